The van der Waals surface area contributed by atoms with Crippen LogP contribution in [0.4, 0.5) is 11.4 Å². The number of anilines is 2. The van der Waals surface area contributed by atoms with E-state index in [2.05, 4.69) is 10.6 Å². The number of nitrogens with one attached hydrogen (secondary N) is 2. The number of amides is 1. The molecule has 4 nitrogen and oxygen atoms in total. The number of hydrogen-bond acceptors (Lipinski definition) is 3. The van der Waals surface area contributed by atoms with E-state index in [4.69, 9.17) is 4.74 Å². The summed E-state index contributed by atoms with van der Waals surface area (Å²) in [7, 11) is 0. The normalized spacial score (nSPS) is 10.5. The van der Waals surface area contributed by atoms with Gasteiger partial charge in [-0.25, -0.2) is 0 Å². The Labute approximate surface area is 137 Å². The molecule has 0 heterocycles. The quantitative estimate of drug-likeness (QED) is 0.843. The van der Waals surface area contributed by atoms with Crippen LogP contribution in [0.1, 0.15) is 25.0 Å². The molecule has 0 bridgehead atoms. The van der Waals surface area contributed by atoms with E-state index in [-0.39, 0.29) is 18.6 Å². The number of rotatable bonds is 6. The second kappa shape index (κ2) is 7.68. The summed E-state index contributed by atoms with van der Waals surface area (Å²) in [4.78, 5) is 12.2. The topological polar surface area (TPSA) is 50.4 Å². The molecule has 0 saturated heterocycles. The monoisotopic (exact) mass is 312 g/mol. The lowest BCUT2D eigenvalue weighted by molar-refractivity contribution is -0.114. The van der Waals surface area contributed by atoms with Gasteiger partial charge in [-0.2, -0.15) is 0 Å². The van der Waals surface area contributed by atoms with E-state index in [0.29, 0.717) is 0 Å². The summed E-state index contributed by atoms with van der Waals surface area (Å²) >= 11 is 0. The Balaban J connectivity index is 1.98. The Morgan fingerprint density at radius 3 is 2.57 bits per heavy atom. The molecule has 0 atom stereocenters. The van der Waals surface area contributed by atoms with E-state index >= 15 is 0 Å². The highest BCUT2D eigenvalue weighted by molar-refractivity contribution is 5.94. The maximum atomic E-state index is 12.2. The molecule has 2 aromatic rings. The average molecular weight is 312 g/mol. The third-order valence-electron chi connectivity index (χ3n) is 3.36. The molecule has 0 saturated carbocycles. The minimum Gasteiger partial charge on any atom is -0.489 e. The van der Waals surface area contributed by atoms with Crippen LogP contribution in [0.2, 0.25) is 0 Å². The summed E-state index contributed by atoms with van der Waals surface area (Å²) in [6.45, 7) is 8.13. The van der Waals surface area contributed by atoms with Gasteiger partial charge in [-0.05, 0) is 57.0 Å². The van der Waals surface area contributed by atoms with Crippen molar-refractivity contribution in [1.82, 2.24) is 0 Å². The van der Waals surface area contributed by atoms with Gasteiger partial charge in [-0.3, -0.25) is 4.79 Å². The van der Waals surface area contributed by atoms with Crippen molar-refractivity contribution in [2.45, 2.75) is 33.8 Å². The van der Waals surface area contributed by atoms with Crippen molar-refractivity contribution in [2.75, 3.05) is 17.2 Å². The first-order chi connectivity index (χ1) is 11.0. The van der Waals surface area contributed by atoms with E-state index in [1.165, 1.54) is 0 Å². The van der Waals surface area contributed by atoms with E-state index in [1.807, 2.05) is 70.2 Å². The number of hydrogen-bond donors (Lipinski definition) is 2. The smallest absolute Gasteiger partial charge is 0.243 e. The van der Waals surface area contributed by atoms with E-state index in [9.17, 15) is 4.79 Å². The zero-order chi connectivity index (χ0) is 16.8. The van der Waals surface area contributed by atoms with Gasteiger partial charge in [0.15, 0.2) is 0 Å². The molecule has 4 heteroatoms. The van der Waals surface area contributed by atoms with Crippen molar-refractivity contribution >= 4 is 17.3 Å². The predicted molar refractivity (Wildman–Crippen MR) is 95.2 cm³/mol. The number of carbonyl (C=O) groups is 1. The number of benzene rings is 2. The third kappa shape index (κ3) is 5.02. The van der Waals surface area contributed by atoms with Gasteiger partial charge in [0.05, 0.1) is 18.3 Å². The molecule has 2 aromatic carbocycles. The summed E-state index contributed by atoms with van der Waals surface area (Å²) in [5.74, 6) is 0.667. The number of para-hydroxylation sites is 2. The Hall–Kier alpha value is -2.49. The van der Waals surface area contributed by atoms with Crippen LogP contribution in [0.3, 0.4) is 0 Å². The number of aryl methyl sites for hydroxylation is 2. The summed E-state index contributed by atoms with van der Waals surface area (Å²) in [5, 5.41) is 6.07. The highest BCUT2D eigenvalue weighted by Crippen LogP contribution is 2.24. The molecule has 0 spiro atoms. The molecule has 1 amide bonds. The average Bonchev–Trinajstić information content (AvgIpc) is 2.49. The lowest BCUT2D eigenvalue weighted by Gasteiger charge is -2.15. The first-order valence-corrected chi connectivity index (χ1v) is 7.82. The fourth-order valence-electron chi connectivity index (χ4n) is 2.21. The fourth-order valence-corrected chi connectivity index (χ4v) is 2.21. The summed E-state index contributed by atoms with van der Waals surface area (Å²) in [6.07, 6.45) is 0.0849. The molecule has 0 unspecified atom stereocenters. The maximum absolute atomic E-state index is 12.2. The molecule has 0 fully saturated rings. The van der Waals surface area contributed by atoms with Crippen LogP contribution in [0.15, 0.2) is 42.5 Å². The first-order valence-electron chi connectivity index (χ1n) is 7.82. The predicted octanol–water partition coefficient (Wildman–Crippen LogP) is 4.14. The molecular weight excluding hydrogens is 288 g/mol. The van der Waals surface area contributed by atoms with E-state index < -0.39 is 0 Å². The zero-order valence-electron chi connectivity index (χ0n) is 14.1. The highest BCUT2D eigenvalue weighted by atomic mass is 16.5. The zero-order valence-corrected chi connectivity index (χ0v) is 14.1. The fraction of sp³-hybridized carbons (Fsp3) is 0.316. The van der Waals surface area contributed by atoms with Crippen molar-refractivity contribution in [3.63, 3.8) is 0 Å². The SMILES string of the molecule is Cc1ccc(C)c(NC(=O)CNc2ccccc2OC(C)C)c1. The molecule has 0 radical (unpaired) electrons. The molecule has 0 aliphatic carbocycles. The second-order valence-electron chi connectivity index (χ2n) is 5.88. The van der Waals surface area contributed by atoms with Gasteiger partial charge >= 0.3 is 0 Å². The Morgan fingerprint density at radius 2 is 1.83 bits per heavy atom. The van der Waals surface area contributed by atoms with Gasteiger partial charge in [0.1, 0.15) is 5.75 Å². The molecule has 2 rings (SSSR count). The highest BCUT2D eigenvalue weighted by Gasteiger charge is 2.08. The van der Waals surface area contributed by atoms with Crippen molar-refractivity contribution in [1.29, 1.82) is 0 Å². The van der Waals surface area contributed by atoms with Crippen molar-refractivity contribution < 1.29 is 9.53 Å². The van der Waals surface area contributed by atoms with Crippen molar-refractivity contribution in [2.24, 2.45) is 0 Å². The van der Waals surface area contributed by atoms with Crippen LogP contribution >= 0.6 is 0 Å². The molecule has 122 valence electrons. The second-order valence-corrected chi connectivity index (χ2v) is 5.88. The lowest BCUT2D eigenvalue weighted by Crippen LogP contribution is -2.22. The Morgan fingerprint density at radius 1 is 1.09 bits per heavy atom. The van der Waals surface area contributed by atoms with E-state index in [0.717, 1.165) is 28.3 Å². The molecule has 0 aromatic heterocycles. The largest absolute Gasteiger partial charge is 0.489 e. The molecule has 0 aliphatic heterocycles. The van der Waals surface area contributed by atoms with Gasteiger partial charge in [0, 0.05) is 5.69 Å². The first kappa shape index (κ1) is 16.9. The van der Waals surface area contributed by atoms with Crippen LogP contribution in [0.5, 0.6) is 5.75 Å². The van der Waals surface area contributed by atoms with Crippen LogP contribution in [-0.2, 0) is 4.79 Å². The Kier molecular flexibility index (Phi) is 5.63. The number of carbonyl (C=O) groups excluding carboxylic acids is 1. The van der Waals surface area contributed by atoms with Crippen LogP contribution < -0.4 is 15.4 Å². The van der Waals surface area contributed by atoms with Gasteiger partial charge in [-0.1, -0.05) is 24.3 Å². The minimum atomic E-state index is -0.0851. The van der Waals surface area contributed by atoms with Crippen LogP contribution in [0, 0.1) is 13.8 Å². The third-order valence-corrected chi connectivity index (χ3v) is 3.36. The van der Waals surface area contributed by atoms with Crippen LogP contribution in [-0.4, -0.2) is 18.6 Å². The Bertz CT molecular complexity index is 681. The molecular formula is C19H24N2O2. The lowest BCUT2D eigenvalue weighted by atomic mass is 10.1. The van der Waals surface area contributed by atoms with Crippen LogP contribution in [0.25, 0.3) is 0 Å². The van der Waals surface area contributed by atoms with Crippen molar-refractivity contribution in [3.8, 4) is 5.75 Å². The summed E-state index contributed by atoms with van der Waals surface area (Å²) in [6, 6.07) is 13.6. The minimum absolute atomic E-state index is 0.0849. The van der Waals surface area contributed by atoms with Gasteiger partial charge in [0.2, 0.25) is 5.91 Å². The maximum Gasteiger partial charge on any atom is 0.243 e. The molecule has 2 N–H and O–H groups in total. The van der Waals surface area contributed by atoms with Gasteiger partial charge in [-0.15, -0.1) is 0 Å². The standard InChI is InChI=1S/C19H24N2O2/c1-13(2)23-18-8-6-5-7-16(18)20-12-19(22)21-17-11-14(3)9-10-15(17)4/h5-11,13,20H,12H2,1-4H3,(H,21,22). The van der Waals surface area contributed by atoms with Gasteiger partial charge < -0.3 is 15.4 Å². The summed E-state index contributed by atoms with van der Waals surface area (Å²) < 4.78 is 5.74. The summed E-state index contributed by atoms with van der Waals surface area (Å²) in [5.41, 5.74) is 3.84. The van der Waals surface area contributed by atoms with E-state index in [1.54, 1.807) is 0 Å². The molecule has 0 aliphatic rings. The molecule has 23 heavy (non-hydrogen) atoms. The number of ether oxygens (including phenoxy) is 1. The van der Waals surface area contributed by atoms with Crippen molar-refractivity contribution in [3.05, 3.63) is 53.6 Å². The van der Waals surface area contributed by atoms with Gasteiger partial charge in [0.25, 0.3) is 0 Å².